The third kappa shape index (κ3) is 4.00. The molecule has 19 heavy (non-hydrogen) atoms. The standard InChI is InChI=1S/C11H17F3N2O3/c1-6(2)8(9(17)18)15-10(19)16-4-3-7(5-16)11(12,13)14/h6-8H,3-5H2,1-2H3,(H,15,19)(H,17,18)/t7?,8-/m1/s1. The highest BCUT2D eigenvalue weighted by atomic mass is 19.4. The van der Waals surface area contributed by atoms with Crippen molar-refractivity contribution in [3.05, 3.63) is 0 Å². The molecule has 0 aromatic heterocycles. The maximum absolute atomic E-state index is 12.5. The van der Waals surface area contributed by atoms with Crippen LogP contribution in [0.5, 0.6) is 0 Å². The summed E-state index contributed by atoms with van der Waals surface area (Å²) in [5.41, 5.74) is 0. The number of carbonyl (C=O) groups excluding carboxylic acids is 1. The summed E-state index contributed by atoms with van der Waals surface area (Å²) < 4.78 is 37.4. The number of aliphatic carboxylic acids is 1. The zero-order valence-corrected chi connectivity index (χ0v) is 10.7. The fourth-order valence-electron chi connectivity index (χ4n) is 1.95. The maximum atomic E-state index is 12.5. The van der Waals surface area contributed by atoms with Crippen LogP contribution in [0.25, 0.3) is 0 Å². The van der Waals surface area contributed by atoms with Crippen LogP contribution in [0, 0.1) is 11.8 Å². The Bertz CT molecular complexity index is 358. The van der Waals surface area contributed by atoms with Gasteiger partial charge in [-0.3, -0.25) is 0 Å². The summed E-state index contributed by atoms with van der Waals surface area (Å²) in [4.78, 5) is 23.6. The number of hydrogen-bond donors (Lipinski definition) is 2. The molecule has 1 aliphatic heterocycles. The second-order valence-corrected chi connectivity index (χ2v) is 4.98. The molecule has 1 unspecified atom stereocenters. The van der Waals surface area contributed by atoms with E-state index in [-0.39, 0.29) is 18.9 Å². The van der Waals surface area contributed by atoms with Crippen LogP contribution in [-0.2, 0) is 4.79 Å². The highest BCUT2D eigenvalue weighted by Gasteiger charge is 2.45. The zero-order valence-electron chi connectivity index (χ0n) is 10.7. The first-order chi connectivity index (χ1) is 8.62. The largest absolute Gasteiger partial charge is 0.480 e. The average Bonchev–Trinajstić information content (AvgIpc) is 2.73. The first-order valence-electron chi connectivity index (χ1n) is 5.98. The average molecular weight is 282 g/mol. The molecule has 0 saturated carbocycles. The molecule has 8 heteroatoms. The maximum Gasteiger partial charge on any atom is 0.393 e. The van der Waals surface area contributed by atoms with Crippen molar-refractivity contribution in [2.24, 2.45) is 11.8 Å². The van der Waals surface area contributed by atoms with E-state index in [1.807, 2.05) is 0 Å². The lowest BCUT2D eigenvalue weighted by molar-refractivity contribution is -0.170. The number of alkyl halides is 3. The summed E-state index contributed by atoms with van der Waals surface area (Å²) in [5, 5.41) is 11.2. The highest BCUT2D eigenvalue weighted by molar-refractivity contribution is 5.82. The van der Waals surface area contributed by atoms with Crippen molar-refractivity contribution >= 4 is 12.0 Å². The Kier molecular flexibility index (Phi) is 4.65. The van der Waals surface area contributed by atoms with Gasteiger partial charge in [-0.05, 0) is 12.3 Å². The van der Waals surface area contributed by atoms with Crippen molar-refractivity contribution < 1.29 is 27.9 Å². The van der Waals surface area contributed by atoms with Crippen LogP contribution < -0.4 is 5.32 Å². The van der Waals surface area contributed by atoms with Gasteiger partial charge < -0.3 is 15.3 Å². The molecule has 0 bridgehead atoms. The monoisotopic (exact) mass is 282 g/mol. The zero-order chi connectivity index (χ0) is 14.8. The van der Waals surface area contributed by atoms with Crippen molar-refractivity contribution in [1.82, 2.24) is 10.2 Å². The summed E-state index contributed by atoms with van der Waals surface area (Å²) in [5.74, 6) is -3.07. The van der Waals surface area contributed by atoms with E-state index in [0.717, 1.165) is 4.90 Å². The van der Waals surface area contributed by atoms with Crippen molar-refractivity contribution in [3.8, 4) is 0 Å². The highest BCUT2D eigenvalue weighted by Crippen LogP contribution is 2.33. The van der Waals surface area contributed by atoms with Crippen LogP contribution in [0.4, 0.5) is 18.0 Å². The molecular formula is C11H17F3N2O3. The van der Waals surface area contributed by atoms with Crippen LogP contribution >= 0.6 is 0 Å². The van der Waals surface area contributed by atoms with Crippen molar-refractivity contribution in [2.45, 2.75) is 32.5 Å². The summed E-state index contributed by atoms with van der Waals surface area (Å²) in [6.45, 7) is 2.79. The van der Waals surface area contributed by atoms with Gasteiger partial charge in [-0.2, -0.15) is 13.2 Å². The number of urea groups is 1. The quantitative estimate of drug-likeness (QED) is 0.827. The van der Waals surface area contributed by atoms with E-state index in [0.29, 0.717) is 0 Å². The summed E-state index contributed by atoms with van der Waals surface area (Å²) in [6.07, 6.45) is -4.46. The van der Waals surface area contributed by atoms with Gasteiger partial charge >= 0.3 is 18.2 Å². The van der Waals surface area contributed by atoms with Crippen LogP contribution in [0.15, 0.2) is 0 Å². The molecule has 2 N–H and O–H groups in total. The van der Waals surface area contributed by atoms with E-state index < -0.39 is 36.7 Å². The molecule has 0 aromatic carbocycles. The number of halogens is 3. The van der Waals surface area contributed by atoms with Crippen molar-refractivity contribution in [3.63, 3.8) is 0 Å². The lowest BCUT2D eigenvalue weighted by Crippen LogP contribution is -2.49. The second-order valence-electron chi connectivity index (χ2n) is 4.98. The molecule has 0 aliphatic carbocycles. The number of carboxylic acid groups (broad SMARTS) is 1. The van der Waals surface area contributed by atoms with E-state index in [9.17, 15) is 22.8 Å². The molecule has 0 spiro atoms. The molecule has 1 aliphatic rings. The van der Waals surface area contributed by atoms with E-state index >= 15 is 0 Å². The predicted molar refractivity (Wildman–Crippen MR) is 60.5 cm³/mol. The Hall–Kier alpha value is -1.47. The normalized spacial score (nSPS) is 21.6. The number of nitrogens with one attached hydrogen (secondary N) is 1. The third-order valence-electron chi connectivity index (χ3n) is 3.15. The van der Waals surface area contributed by atoms with E-state index in [1.54, 1.807) is 13.8 Å². The van der Waals surface area contributed by atoms with Gasteiger partial charge in [-0.25, -0.2) is 9.59 Å². The van der Waals surface area contributed by atoms with Gasteiger partial charge in [-0.15, -0.1) is 0 Å². The van der Waals surface area contributed by atoms with Crippen LogP contribution in [-0.4, -0.2) is 47.3 Å². The first kappa shape index (κ1) is 15.6. The number of nitrogens with zero attached hydrogens (tertiary/aromatic N) is 1. The first-order valence-corrected chi connectivity index (χ1v) is 5.98. The number of likely N-dealkylation sites (tertiary alicyclic amines) is 1. The fraction of sp³-hybridized carbons (Fsp3) is 0.818. The van der Waals surface area contributed by atoms with Gasteiger partial charge in [0.2, 0.25) is 0 Å². The molecule has 0 aromatic rings. The van der Waals surface area contributed by atoms with E-state index in [2.05, 4.69) is 5.32 Å². The molecule has 5 nitrogen and oxygen atoms in total. The molecule has 1 rings (SSSR count). The summed E-state index contributed by atoms with van der Waals surface area (Å²) >= 11 is 0. The number of carboxylic acids is 1. The predicted octanol–water partition coefficient (Wildman–Crippen LogP) is 1.69. The van der Waals surface area contributed by atoms with Gasteiger partial charge in [-0.1, -0.05) is 13.8 Å². The Labute approximate surface area is 108 Å². The van der Waals surface area contributed by atoms with Crippen LogP contribution in [0.1, 0.15) is 20.3 Å². The smallest absolute Gasteiger partial charge is 0.393 e. The fourth-order valence-corrected chi connectivity index (χ4v) is 1.95. The molecule has 1 fully saturated rings. The third-order valence-corrected chi connectivity index (χ3v) is 3.15. The number of rotatable bonds is 3. The molecule has 1 heterocycles. The summed E-state index contributed by atoms with van der Waals surface area (Å²) in [7, 11) is 0. The van der Waals surface area contributed by atoms with Gasteiger partial charge in [0.25, 0.3) is 0 Å². The minimum Gasteiger partial charge on any atom is -0.480 e. The second kappa shape index (κ2) is 5.66. The Morgan fingerprint density at radius 3 is 2.32 bits per heavy atom. The molecule has 2 amide bonds. The van der Waals surface area contributed by atoms with E-state index in [4.69, 9.17) is 5.11 Å². The minimum atomic E-state index is -4.32. The van der Waals surface area contributed by atoms with Crippen molar-refractivity contribution in [2.75, 3.05) is 13.1 Å². The lowest BCUT2D eigenvalue weighted by atomic mass is 10.1. The van der Waals surface area contributed by atoms with Gasteiger partial charge in [0.05, 0.1) is 5.92 Å². The van der Waals surface area contributed by atoms with Crippen LogP contribution in [0.2, 0.25) is 0 Å². The number of carbonyl (C=O) groups is 2. The molecule has 110 valence electrons. The Morgan fingerprint density at radius 2 is 1.95 bits per heavy atom. The molecular weight excluding hydrogens is 265 g/mol. The molecule has 0 radical (unpaired) electrons. The minimum absolute atomic E-state index is 0.0134. The van der Waals surface area contributed by atoms with Crippen LogP contribution in [0.3, 0.4) is 0 Å². The Balaban J connectivity index is 2.58. The van der Waals surface area contributed by atoms with Gasteiger partial charge in [0, 0.05) is 13.1 Å². The number of amides is 2. The number of hydrogen-bond acceptors (Lipinski definition) is 2. The SMILES string of the molecule is CC(C)[C@@H](NC(=O)N1CCC(C(F)(F)F)C1)C(=O)O. The Morgan fingerprint density at radius 1 is 1.37 bits per heavy atom. The van der Waals surface area contributed by atoms with Gasteiger partial charge in [0.1, 0.15) is 6.04 Å². The van der Waals surface area contributed by atoms with Gasteiger partial charge in [0.15, 0.2) is 0 Å². The lowest BCUT2D eigenvalue weighted by Gasteiger charge is -2.23. The topological polar surface area (TPSA) is 69.6 Å². The van der Waals surface area contributed by atoms with Crippen molar-refractivity contribution in [1.29, 1.82) is 0 Å². The molecule has 2 atom stereocenters. The van der Waals surface area contributed by atoms with E-state index in [1.165, 1.54) is 0 Å². The molecule has 1 saturated heterocycles. The summed E-state index contributed by atoms with van der Waals surface area (Å²) in [6, 6.07) is -1.86.